The molecule has 0 aromatic carbocycles. The molecule has 2 heterocycles. The Morgan fingerprint density at radius 2 is 1.91 bits per heavy atom. The third-order valence-corrected chi connectivity index (χ3v) is 5.09. The van der Waals surface area contributed by atoms with Crippen LogP contribution in [0.15, 0.2) is 12.1 Å². The second kappa shape index (κ2) is 7.73. The number of hydrogen-bond donors (Lipinski definition) is 1. The summed E-state index contributed by atoms with van der Waals surface area (Å²) < 4.78 is 0. The molecule has 1 aliphatic rings. The summed E-state index contributed by atoms with van der Waals surface area (Å²) in [5, 5.41) is 8.39. The van der Waals surface area contributed by atoms with E-state index < -0.39 is 5.41 Å². The lowest BCUT2D eigenvalue weighted by Gasteiger charge is -2.34. The van der Waals surface area contributed by atoms with Crippen molar-refractivity contribution in [2.45, 2.75) is 40.0 Å². The van der Waals surface area contributed by atoms with Crippen LogP contribution in [0.4, 0.5) is 5.82 Å². The fraction of sp³-hybridized carbons (Fsp3) is 0.706. The van der Waals surface area contributed by atoms with Gasteiger partial charge in [-0.1, -0.05) is 13.8 Å². The number of nitrogens with two attached hydrogens (primary N) is 1. The van der Waals surface area contributed by atoms with Crippen molar-refractivity contribution in [3.05, 3.63) is 17.8 Å². The molecule has 6 nitrogen and oxygen atoms in total. The molecule has 0 bridgehead atoms. The molecule has 0 saturated carbocycles. The predicted molar refractivity (Wildman–Crippen MR) is 92.2 cm³/mol. The summed E-state index contributed by atoms with van der Waals surface area (Å²) in [6.45, 7) is 9.66. The van der Waals surface area contributed by atoms with E-state index in [0.717, 1.165) is 57.0 Å². The summed E-state index contributed by atoms with van der Waals surface area (Å²) in [6, 6.07) is 3.98. The normalized spacial score (nSPS) is 16.3. The van der Waals surface area contributed by atoms with Crippen molar-refractivity contribution in [1.82, 2.24) is 15.1 Å². The van der Waals surface area contributed by atoms with Crippen LogP contribution in [0.25, 0.3) is 0 Å². The highest BCUT2D eigenvalue weighted by Gasteiger charge is 2.37. The van der Waals surface area contributed by atoms with Crippen molar-refractivity contribution in [2.75, 3.05) is 37.6 Å². The maximum absolute atomic E-state index is 13.0. The Bertz CT molecular complexity index is 504. The zero-order valence-electron chi connectivity index (χ0n) is 14.6. The van der Waals surface area contributed by atoms with Crippen LogP contribution in [-0.2, 0) is 4.79 Å². The minimum absolute atomic E-state index is 0.210. The van der Waals surface area contributed by atoms with Gasteiger partial charge in [-0.15, -0.1) is 5.10 Å². The number of amides is 1. The van der Waals surface area contributed by atoms with E-state index in [-0.39, 0.29) is 5.91 Å². The fourth-order valence-electron chi connectivity index (χ4n) is 3.17. The molecule has 1 amide bonds. The molecule has 1 fully saturated rings. The molecular weight excluding hydrogens is 290 g/mol. The molecule has 1 saturated heterocycles. The number of nitrogens with zero attached hydrogens (tertiary/aromatic N) is 4. The smallest absolute Gasteiger partial charge is 0.230 e. The number of hydrogen-bond acceptors (Lipinski definition) is 5. The molecule has 1 aromatic heterocycles. The van der Waals surface area contributed by atoms with Gasteiger partial charge in [-0.25, -0.2) is 0 Å². The lowest BCUT2D eigenvalue weighted by atomic mass is 9.81. The van der Waals surface area contributed by atoms with E-state index in [4.69, 9.17) is 5.73 Å². The van der Waals surface area contributed by atoms with E-state index in [1.54, 1.807) is 0 Å². The maximum Gasteiger partial charge on any atom is 0.230 e. The number of rotatable bonds is 5. The zero-order chi connectivity index (χ0) is 16.9. The molecule has 2 N–H and O–H groups in total. The third-order valence-electron chi connectivity index (χ3n) is 5.09. The van der Waals surface area contributed by atoms with E-state index in [1.165, 1.54) is 0 Å². The fourth-order valence-corrected chi connectivity index (χ4v) is 3.17. The SMILES string of the molecule is CCC(CC)(CN)C(=O)N1CCCN(c2ccc(C)nn2)CC1. The van der Waals surface area contributed by atoms with Gasteiger partial charge in [-0.3, -0.25) is 4.79 Å². The van der Waals surface area contributed by atoms with Gasteiger partial charge in [-0.2, -0.15) is 5.10 Å². The molecule has 0 spiro atoms. The highest BCUT2D eigenvalue weighted by Crippen LogP contribution is 2.28. The minimum atomic E-state index is -0.404. The average Bonchev–Trinajstić information content (AvgIpc) is 2.83. The van der Waals surface area contributed by atoms with Crippen LogP contribution in [0, 0.1) is 12.3 Å². The third kappa shape index (κ3) is 3.80. The van der Waals surface area contributed by atoms with Crippen molar-refractivity contribution in [2.24, 2.45) is 11.1 Å². The van der Waals surface area contributed by atoms with Gasteiger partial charge >= 0.3 is 0 Å². The van der Waals surface area contributed by atoms with E-state index in [1.807, 2.05) is 24.0 Å². The van der Waals surface area contributed by atoms with Crippen molar-refractivity contribution >= 4 is 11.7 Å². The number of anilines is 1. The summed E-state index contributed by atoms with van der Waals surface area (Å²) in [7, 11) is 0. The topological polar surface area (TPSA) is 75.4 Å². The van der Waals surface area contributed by atoms with Crippen molar-refractivity contribution in [3.8, 4) is 0 Å². The van der Waals surface area contributed by atoms with E-state index in [2.05, 4.69) is 28.9 Å². The molecule has 23 heavy (non-hydrogen) atoms. The van der Waals surface area contributed by atoms with Crippen LogP contribution in [-0.4, -0.2) is 53.7 Å². The molecule has 0 radical (unpaired) electrons. The van der Waals surface area contributed by atoms with Crippen molar-refractivity contribution in [1.29, 1.82) is 0 Å². The summed E-state index contributed by atoms with van der Waals surface area (Å²) in [5.41, 5.74) is 6.44. The quantitative estimate of drug-likeness (QED) is 0.892. The van der Waals surface area contributed by atoms with Gasteiger partial charge in [-0.05, 0) is 38.3 Å². The Labute approximate surface area is 139 Å². The highest BCUT2D eigenvalue weighted by atomic mass is 16.2. The highest BCUT2D eigenvalue weighted by molar-refractivity contribution is 5.83. The number of aromatic nitrogens is 2. The largest absolute Gasteiger partial charge is 0.353 e. The van der Waals surface area contributed by atoms with E-state index in [9.17, 15) is 4.79 Å². The Morgan fingerprint density at radius 3 is 2.48 bits per heavy atom. The number of aryl methyl sites for hydroxylation is 1. The molecule has 0 atom stereocenters. The molecular formula is C17H29N5O. The number of carbonyl (C=O) groups is 1. The molecule has 1 aliphatic heterocycles. The summed E-state index contributed by atoms with van der Waals surface area (Å²) in [6.07, 6.45) is 2.53. The van der Waals surface area contributed by atoms with Gasteiger partial charge in [0, 0.05) is 32.7 Å². The Balaban J connectivity index is 2.06. The molecule has 2 rings (SSSR count). The van der Waals surface area contributed by atoms with Crippen molar-refractivity contribution in [3.63, 3.8) is 0 Å². The second-order valence-electron chi connectivity index (χ2n) is 6.36. The van der Waals surface area contributed by atoms with Gasteiger partial charge < -0.3 is 15.5 Å². The van der Waals surface area contributed by atoms with Crippen LogP contribution in [0.5, 0.6) is 0 Å². The van der Waals surface area contributed by atoms with Crippen molar-refractivity contribution < 1.29 is 4.79 Å². The van der Waals surface area contributed by atoms with Gasteiger partial charge in [0.2, 0.25) is 5.91 Å². The molecule has 0 aliphatic carbocycles. The average molecular weight is 319 g/mol. The molecule has 128 valence electrons. The maximum atomic E-state index is 13.0. The van der Waals surface area contributed by atoms with Gasteiger partial charge in [0.1, 0.15) is 0 Å². The Hall–Kier alpha value is -1.69. The Morgan fingerprint density at radius 1 is 1.17 bits per heavy atom. The van der Waals surface area contributed by atoms with Crippen LogP contribution in [0.1, 0.15) is 38.8 Å². The zero-order valence-corrected chi connectivity index (χ0v) is 14.6. The lowest BCUT2D eigenvalue weighted by Crippen LogP contribution is -2.48. The molecule has 1 aromatic rings. The van der Waals surface area contributed by atoms with Crippen LogP contribution >= 0.6 is 0 Å². The van der Waals surface area contributed by atoms with Crippen LogP contribution in [0.3, 0.4) is 0 Å². The van der Waals surface area contributed by atoms with Gasteiger partial charge in [0.15, 0.2) is 5.82 Å². The lowest BCUT2D eigenvalue weighted by molar-refractivity contribution is -0.142. The summed E-state index contributed by atoms with van der Waals surface area (Å²) in [4.78, 5) is 17.2. The first-order valence-electron chi connectivity index (χ1n) is 8.61. The van der Waals surface area contributed by atoms with Gasteiger partial charge in [0.05, 0.1) is 11.1 Å². The minimum Gasteiger partial charge on any atom is -0.353 e. The van der Waals surface area contributed by atoms with Crippen LogP contribution in [0.2, 0.25) is 0 Å². The first-order chi connectivity index (χ1) is 11.1. The summed E-state index contributed by atoms with van der Waals surface area (Å²) >= 11 is 0. The predicted octanol–water partition coefficient (Wildman–Crippen LogP) is 1.59. The van der Waals surface area contributed by atoms with Crippen LogP contribution < -0.4 is 10.6 Å². The van der Waals surface area contributed by atoms with E-state index in [0.29, 0.717) is 6.54 Å². The molecule has 0 unspecified atom stereocenters. The first-order valence-corrected chi connectivity index (χ1v) is 8.61. The number of carbonyl (C=O) groups excluding carboxylic acids is 1. The second-order valence-corrected chi connectivity index (χ2v) is 6.36. The monoisotopic (exact) mass is 319 g/mol. The molecule has 6 heteroatoms. The van der Waals surface area contributed by atoms with E-state index >= 15 is 0 Å². The summed E-state index contributed by atoms with van der Waals surface area (Å²) in [5.74, 6) is 1.10. The first kappa shape index (κ1) is 17.7. The Kier molecular flexibility index (Phi) is 5.93. The van der Waals surface area contributed by atoms with Gasteiger partial charge in [0.25, 0.3) is 0 Å². The standard InChI is InChI=1S/C17H29N5O/c1-4-17(5-2,13-18)16(23)22-10-6-9-21(11-12-22)15-8-7-14(3)19-20-15/h7-8H,4-6,9-13,18H2,1-3H3.